The number of anilines is 1. The molecule has 0 radical (unpaired) electrons. The second-order valence-corrected chi connectivity index (χ2v) is 4.55. The summed E-state index contributed by atoms with van der Waals surface area (Å²) >= 11 is 5.87. The van der Waals surface area contributed by atoms with Gasteiger partial charge in [0.15, 0.2) is 0 Å². The molecule has 2 N–H and O–H groups in total. The van der Waals surface area contributed by atoms with Gasteiger partial charge in [0.2, 0.25) is 5.91 Å². The lowest BCUT2D eigenvalue weighted by Crippen LogP contribution is -2.14. The molecule has 0 bridgehead atoms. The Hall–Kier alpha value is -1.55. The molecule has 0 atom stereocenters. The van der Waals surface area contributed by atoms with Gasteiger partial charge in [-0.1, -0.05) is 25.4 Å². The average molecular weight is 256 g/mol. The van der Waals surface area contributed by atoms with Gasteiger partial charge < -0.3 is 10.4 Å². The molecule has 1 aromatic carbocycles. The highest BCUT2D eigenvalue weighted by atomic mass is 35.5. The van der Waals surface area contributed by atoms with Crippen molar-refractivity contribution in [1.29, 1.82) is 0 Å². The van der Waals surface area contributed by atoms with Gasteiger partial charge in [-0.05, 0) is 24.1 Å². The number of hydrogen-bond acceptors (Lipinski definition) is 2. The van der Waals surface area contributed by atoms with Crippen molar-refractivity contribution in [2.45, 2.75) is 20.3 Å². The van der Waals surface area contributed by atoms with E-state index < -0.39 is 5.97 Å². The Morgan fingerprint density at radius 1 is 1.41 bits per heavy atom. The zero-order chi connectivity index (χ0) is 13.0. The van der Waals surface area contributed by atoms with Gasteiger partial charge in [0.05, 0.1) is 16.3 Å². The third-order valence-electron chi connectivity index (χ3n) is 2.08. The van der Waals surface area contributed by atoms with E-state index >= 15 is 0 Å². The van der Waals surface area contributed by atoms with Gasteiger partial charge in [-0.2, -0.15) is 0 Å². The Labute approximate surface area is 105 Å². The minimum Gasteiger partial charge on any atom is -0.478 e. The van der Waals surface area contributed by atoms with Crippen LogP contribution in [0.5, 0.6) is 0 Å². The van der Waals surface area contributed by atoms with Crippen LogP contribution >= 0.6 is 11.6 Å². The van der Waals surface area contributed by atoms with Gasteiger partial charge in [0, 0.05) is 6.42 Å². The number of carbonyl (C=O) groups excluding carboxylic acids is 1. The highest BCUT2D eigenvalue weighted by Crippen LogP contribution is 2.23. The number of rotatable bonds is 4. The number of benzene rings is 1. The van der Waals surface area contributed by atoms with Crippen molar-refractivity contribution in [2.24, 2.45) is 5.92 Å². The Balaban J connectivity index is 2.86. The van der Waals surface area contributed by atoms with E-state index in [1.807, 2.05) is 13.8 Å². The second kappa shape index (κ2) is 5.68. The topological polar surface area (TPSA) is 66.4 Å². The fourth-order valence-corrected chi connectivity index (χ4v) is 1.49. The smallest absolute Gasteiger partial charge is 0.335 e. The summed E-state index contributed by atoms with van der Waals surface area (Å²) in [5.41, 5.74) is 0.423. The summed E-state index contributed by atoms with van der Waals surface area (Å²) in [4.78, 5) is 22.3. The second-order valence-electron chi connectivity index (χ2n) is 4.15. The maximum Gasteiger partial charge on any atom is 0.335 e. The van der Waals surface area contributed by atoms with Crippen LogP contribution in [0, 0.1) is 5.92 Å². The van der Waals surface area contributed by atoms with E-state index in [0.717, 1.165) is 0 Å². The molecule has 4 nitrogen and oxygen atoms in total. The van der Waals surface area contributed by atoms with Crippen LogP contribution in [0.15, 0.2) is 18.2 Å². The van der Waals surface area contributed by atoms with Crippen molar-refractivity contribution in [1.82, 2.24) is 0 Å². The van der Waals surface area contributed by atoms with E-state index in [1.165, 1.54) is 18.2 Å². The molecule has 0 fully saturated rings. The first-order chi connectivity index (χ1) is 7.90. The number of hydrogen-bond donors (Lipinski definition) is 2. The molecule has 1 aromatic rings. The minimum absolute atomic E-state index is 0.0919. The molecule has 0 unspecified atom stereocenters. The summed E-state index contributed by atoms with van der Waals surface area (Å²) in [5.74, 6) is -0.998. The predicted molar refractivity (Wildman–Crippen MR) is 66.5 cm³/mol. The van der Waals surface area contributed by atoms with Crippen molar-refractivity contribution in [3.63, 3.8) is 0 Å². The average Bonchev–Trinajstić information content (AvgIpc) is 2.19. The molecule has 0 saturated carbocycles. The van der Waals surface area contributed by atoms with Crippen molar-refractivity contribution < 1.29 is 14.7 Å². The first-order valence-corrected chi connectivity index (χ1v) is 5.60. The summed E-state index contributed by atoms with van der Waals surface area (Å²) in [5, 5.41) is 11.8. The van der Waals surface area contributed by atoms with Crippen molar-refractivity contribution >= 4 is 29.2 Å². The zero-order valence-electron chi connectivity index (χ0n) is 9.66. The van der Waals surface area contributed by atoms with Crippen LogP contribution in [-0.2, 0) is 4.79 Å². The third kappa shape index (κ3) is 4.07. The van der Waals surface area contributed by atoms with E-state index in [-0.39, 0.29) is 17.4 Å². The molecule has 0 saturated heterocycles. The number of carboxylic acid groups (broad SMARTS) is 1. The van der Waals surface area contributed by atoms with Crippen LogP contribution in [0.3, 0.4) is 0 Å². The molecule has 5 heteroatoms. The van der Waals surface area contributed by atoms with Gasteiger partial charge in [-0.25, -0.2) is 4.79 Å². The number of carboxylic acids is 1. The van der Waals surface area contributed by atoms with E-state index in [4.69, 9.17) is 16.7 Å². The highest BCUT2D eigenvalue weighted by Gasteiger charge is 2.10. The number of halogens is 1. The summed E-state index contributed by atoms with van der Waals surface area (Å²) in [6.07, 6.45) is 0.369. The molecule has 0 heterocycles. The van der Waals surface area contributed by atoms with Crippen molar-refractivity contribution in [3.8, 4) is 0 Å². The molecule has 0 aliphatic carbocycles. The quantitative estimate of drug-likeness (QED) is 0.869. The standard InChI is InChI=1S/C12H14ClNO3/c1-7(2)5-11(15)14-10-6-8(12(16)17)3-4-9(10)13/h3-4,6-7H,5H2,1-2H3,(H,14,15)(H,16,17). The lowest BCUT2D eigenvalue weighted by molar-refractivity contribution is -0.116. The molecule has 17 heavy (non-hydrogen) atoms. The number of amides is 1. The molecular formula is C12H14ClNO3. The van der Waals surface area contributed by atoms with Gasteiger partial charge >= 0.3 is 5.97 Å². The molecule has 0 aromatic heterocycles. The van der Waals surface area contributed by atoms with Crippen LogP contribution < -0.4 is 5.32 Å². The van der Waals surface area contributed by atoms with Crippen LogP contribution in [0.1, 0.15) is 30.6 Å². The zero-order valence-corrected chi connectivity index (χ0v) is 10.4. The summed E-state index contributed by atoms with van der Waals surface area (Å²) in [6.45, 7) is 3.85. The third-order valence-corrected chi connectivity index (χ3v) is 2.41. The molecule has 0 aliphatic heterocycles. The van der Waals surface area contributed by atoms with Gasteiger partial charge in [-0.15, -0.1) is 0 Å². The lowest BCUT2D eigenvalue weighted by atomic mass is 10.1. The summed E-state index contributed by atoms with van der Waals surface area (Å²) < 4.78 is 0. The molecule has 1 rings (SSSR count). The van der Waals surface area contributed by atoms with Gasteiger partial charge in [0.1, 0.15) is 0 Å². The molecule has 92 valence electrons. The SMILES string of the molecule is CC(C)CC(=O)Nc1cc(C(=O)O)ccc1Cl. The van der Waals surface area contributed by atoms with Crippen molar-refractivity contribution in [2.75, 3.05) is 5.32 Å². The maximum atomic E-state index is 11.5. The fraction of sp³-hybridized carbons (Fsp3) is 0.333. The van der Waals surface area contributed by atoms with Crippen LogP contribution in [0.25, 0.3) is 0 Å². The Morgan fingerprint density at radius 3 is 2.59 bits per heavy atom. The largest absolute Gasteiger partial charge is 0.478 e. The minimum atomic E-state index is -1.05. The Bertz CT molecular complexity index is 443. The van der Waals surface area contributed by atoms with E-state index in [1.54, 1.807) is 0 Å². The van der Waals surface area contributed by atoms with E-state index in [9.17, 15) is 9.59 Å². The lowest BCUT2D eigenvalue weighted by Gasteiger charge is -2.09. The van der Waals surface area contributed by atoms with Crippen LogP contribution in [0.2, 0.25) is 5.02 Å². The molecule has 0 aliphatic rings. The van der Waals surface area contributed by atoms with E-state index in [2.05, 4.69) is 5.32 Å². The van der Waals surface area contributed by atoms with Crippen LogP contribution in [-0.4, -0.2) is 17.0 Å². The normalized spacial score (nSPS) is 10.4. The number of nitrogens with one attached hydrogen (secondary N) is 1. The number of carbonyl (C=O) groups is 2. The Morgan fingerprint density at radius 2 is 2.06 bits per heavy atom. The van der Waals surface area contributed by atoms with Gasteiger partial charge in [-0.3, -0.25) is 4.79 Å². The van der Waals surface area contributed by atoms with Gasteiger partial charge in [0.25, 0.3) is 0 Å². The molecule has 0 spiro atoms. The molecular weight excluding hydrogens is 242 g/mol. The maximum absolute atomic E-state index is 11.5. The monoisotopic (exact) mass is 255 g/mol. The highest BCUT2D eigenvalue weighted by molar-refractivity contribution is 6.33. The summed E-state index contributed by atoms with van der Waals surface area (Å²) in [6, 6.07) is 4.20. The van der Waals surface area contributed by atoms with Crippen LogP contribution in [0.4, 0.5) is 5.69 Å². The summed E-state index contributed by atoms with van der Waals surface area (Å²) in [7, 11) is 0. The predicted octanol–water partition coefficient (Wildman–Crippen LogP) is 3.02. The first kappa shape index (κ1) is 13.5. The first-order valence-electron chi connectivity index (χ1n) is 5.23. The van der Waals surface area contributed by atoms with Crippen molar-refractivity contribution in [3.05, 3.63) is 28.8 Å². The Kier molecular flexibility index (Phi) is 4.52. The molecule has 1 amide bonds. The fourth-order valence-electron chi connectivity index (χ4n) is 1.33. The number of aromatic carboxylic acids is 1. The van der Waals surface area contributed by atoms with E-state index in [0.29, 0.717) is 17.1 Å².